The Labute approximate surface area is 140 Å². The molecule has 0 unspecified atom stereocenters. The van der Waals surface area contributed by atoms with Crippen LogP contribution in [-0.2, 0) is 6.54 Å². The summed E-state index contributed by atoms with van der Waals surface area (Å²) >= 11 is 0. The lowest BCUT2D eigenvalue weighted by atomic mass is 10.1. The van der Waals surface area contributed by atoms with Crippen molar-refractivity contribution < 1.29 is 4.39 Å². The average molecular weight is 328 g/mol. The molecule has 0 aliphatic carbocycles. The van der Waals surface area contributed by atoms with Crippen LogP contribution in [0.5, 0.6) is 0 Å². The van der Waals surface area contributed by atoms with Crippen molar-refractivity contribution in [2.75, 3.05) is 37.6 Å². The summed E-state index contributed by atoms with van der Waals surface area (Å²) in [6, 6.07) is 4.93. The van der Waals surface area contributed by atoms with Gasteiger partial charge in [0.15, 0.2) is 0 Å². The molecule has 1 saturated heterocycles. The van der Waals surface area contributed by atoms with Crippen molar-refractivity contribution in [2.45, 2.75) is 20.4 Å². The van der Waals surface area contributed by atoms with Gasteiger partial charge in [-0.3, -0.25) is 4.79 Å². The first kappa shape index (κ1) is 16.5. The predicted molar refractivity (Wildman–Crippen MR) is 92.9 cm³/mol. The van der Waals surface area contributed by atoms with Crippen LogP contribution in [0, 0.1) is 17.1 Å². The lowest BCUT2D eigenvalue weighted by Gasteiger charge is -2.35. The summed E-state index contributed by atoms with van der Waals surface area (Å²) in [5.41, 5.74) is 0.854. The molecule has 6 heteroatoms. The van der Waals surface area contributed by atoms with E-state index in [-0.39, 0.29) is 10.9 Å². The van der Waals surface area contributed by atoms with Gasteiger partial charge in [-0.2, -0.15) is 5.26 Å². The SMILES string of the molecule is CCN1CCN(c2cc3c(cc2F)c(=O)c(C#N)cn3CC)CC1. The molecule has 1 aliphatic heterocycles. The third kappa shape index (κ3) is 2.76. The molecular formula is C18H21FN4O. The number of nitrogens with zero attached hydrogens (tertiary/aromatic N) is 4. The molecule has 2 aromatic rings. The Bertz CT molecular complexity index is 860. The van der Waals surface area contributed by atoms with Crippen LogP contribution in [0.4, 0.5) is 10.1 Å². The van der Waals surface area contributed by atoms with Crippen LogP contribution >= 0.6 is 0 Å². The summed E-state index contributed by atoms with van der Waals surface area (Å²) in [7, 11) is 0. The Morgan fingerprint density at radius 3 is 2.46 bits per heavy atom. The summed E-state index contributed by atoms with van der Waals surface area (Å²) in [6.45, 7) is 9.02. The Hall–Kier alpha value is -2.39. The van der Waals surface area contributed by atoms with E-state index in [1.807, 2.05) is 22.5 Å². The van der Waals surface area contributed by atoms with Gasteiger partial charge in [-0.15, -0.1) is 0 Å². The molecule has 1 aromatic heterocycles. The van der Waals surface area contributed by atoms with Gasteiger partial charge < -0.3 is 14.4 Å². The predicted octanol–water partition coefficient (Wildman–Crippen LogP) is 2.17. The topological polar surface area (TPSA) is 52.3 Å². The third-order valence-corrected chi connectivity index (χ3v) is 4.77. The van der Waals surface area contributed by atoms with Gasteiger partial charge in [-0.05, 0) is 25.6 Å². The van der Waals surface area contributed by atoms with Gasteiger partial charge in [0.05, 0.1) is 16.6 Å². The summed E-state index contributed by atoms with van der Waals surface area (Å²) in [4.78, 5) is 16.7. The Kier molecular flexibility index (Phi) is 4.54. The highest BCUT2D eigenvalue weighted by Crippen LogP contribution is 2.26. The maximum absolute atomic E-state index is 14.6. The van der Waals surface area contributed by atoms with Crippen molar-refractivity contribution in [3.8, 4) is 6.07 Å². The van der Waals surface area contributed by atoms with E-state index in [9.17, 15) is 9.18 Å². The lowest BCUT2D eigenvalue weighted by Crippen LogP contribution is -2.46. The third-order valence-electron chi connectivity index (χ3n) is 4.77. The number of likely N-dealkylation sites (N-methyl/N-ethyl adjacent to an activating group) is 1. The number of anilines is 1. The molecule has 24 heavy (non-hydrogen) atoms. The highest BCUT2D eigenvalue weighted by Gasteiger charge is 2.20. The van der Waals surface area contributed by atoms with Crippen molar-refractivity contribution in [2.24, 2.45) is 0 Å². The van der Waals surface area contributed by atoms with Crippen molar-refractivity contribution in [1.29, 1.82) is 5.26 Å². The molecule has 1 aromatic carbocycles. The zero-order chi connectivity index (χ0) is 17.3. The minimum absolute atomic E-state index is 0.0491. The number of benzene rings is 1. The Morgan fingerprint density at radius 1 is 1.17 bits per heavy atom. The molecule has 0 atom stereocenters. The summed E-state index contributed by atoms with van der Waals surface area (Å²) < 4.78 is 16.5. The number of piperazine rings is 1. The summed E-state index contributed by atoms with van der Waals surface area (Å²) in [5, 5.41) is 9.37. The van der Waals surface area contributed by atoms with E-state index in [1.54, 1.807) is 12.3 Å². The molecule has 5 nitrogen and oxygen atoms in total. The van der Waals surface area contributed by atoms with Crippen LogP contribution in [0.3, 0.4) is 0 Å². The second-order valence-corrected chi connectivity index (χ2v) is 6.01. The highest BCUT2D eigenvalue weighted by molar-refractivity contribution is 5.84. The summed E-state index contributed by atoms with van der Waals surface area (Å²) in [5.74, 6) is -0.401. The Balaban J connectivity index is 2.10. The van der Waals surface area contributed by atoms with E-state index in [4.69, 9.17) is 5.26 Å². The first-order chi connectivity index (χ1) is 11.6. The van der Waals surface area contributed by atoms with E-state index in [2.05, 4.69) is 11.8 Å². The van der Waals surface area contributed by atoms with Crippen LogP contribution in [-0.4, -0.2) is 42.2 Å². The Morgan fingerprint density at radius 2 is 1.88 bits per heavy atom. The van der Waals surface area contributed by atoms with Gasteiger partial charge in [0, 0.05) is 38.9 Å². The van der Waals surface area contributed by atoms with Crippen LogP contribution in [0.2, 0.25) is 0 Å². The number of aryl methyl sites for hydroxylation is 1. The molecule has 0 amide bonds. The maximum Gasteiger partial charge on any atom is 0.207 e. The largest absolute Gasteiger partial charge is 0.367 e. The zero-order valence-electron chi connectivity index (χ0n) is 14.0. The molecule has 0 spiro atoms. The smallest absolute Gasteiger partial charge is 0.207 e. The number of hydrogen-bond acceptors (Lipinski definition) is 4. The van der Waals surface area contributed by atoms with Gasteiger partial charge in [0.2, 0.25) is 5.43 Å². The van der Waals surface area contributed by atoms with Crippen molar-refractivity contribution in [3.05, 3.63) is 39.9 Å². The summed E-state index contributed by atoms with van der Waals surface area (Å²) in [6.07, 6.45) is 1.56. The van der Waals surface area contributed by atoms with E-state index >= 15 is 0 Å². The lowest BCUT2D eigenvalue weighted by molar-refractivity contribution is 0.270. The number of rotatable bonds is 3. The first-order valence-electron chi connectivity index (χ1n) is 8.33. The van der Waals surface area contributed by atoms with Gasteiger partial charge in [0.25, 0.3) is 0 Å². The number of pyridine rings is 1. The van der Waals surface area contributed by atoms with Crippen LogP contribution in [0.1, 0.15) is 19.4 Å². The number of fused-ring (bicyclic) bond motifs is 1. The molecule has 0 bridgehead atoms. The zero-order valence-corrected chi connectivity index (χ0v) is 14.0. The van der Waals surface area contributed by atoms with E-state index in [0.717, 1.165) is 32.7 Å². The molecule has 0 radical (unpaired) electrons. The van der Waals surface area contributed by atoms with Gasteiger partial charge in [-0.1, -0.05) is 6.92 Å². The molecule has 0 N–H and O–H groups in total. The van der Waals surface area contributed by atoms with Gasteiger partial charge in [0.1, 0.15) is 17.4 Å². The number of aromatic nitrogens is 1. The molecule has 126 valence electrons. The van der Waals surface area contributed by atoms with Gasteiger partial charge in [-0.25, -0.2) is 4.39 Å². The molecule has 2 heterocycles. The number of halogens is 1. The van der Waals surface area contributed by atoms with Crippen molar-refractivity contribution >= 4 is 16.6 Å². The standard InChI is InChI=1S/C18H21FN4O/c1-3-21-5-7-23(8-6-21)17-10-16-14(9-15(17)19)18(24)13(11-20)12-22(16)4-2/h9-10,12H,3-8H2,1-2H3. The first-order valence-corrected chi connectivity index (χ1v) is 8.33. The van der Waals surface area contributed by atoms with Crippen molar-refractivity contribution in [3.63, 3.8) is 0 Å². The van der Waals surface area contributed by atoms with Crippen LogP contribution in [0.25, 0.3) is 10.9 Å². The fourth-order valence-electron chi connectivity index (χ4n) is 3.29. The quantitative estimate of drug-likeness (QED) is 0.866. The number of hydrogen-bond donors (Lipinski definition) is 0. The molecule has 0 saturated carbocycles. The molecular weight excluding hydrogens is 307 g/mol. The maximum atomic E-state index is 14.6. The second-order valence-electron chi connectivity index (χ2n) is 6.01. The highest BCUT2D eigenvalue weighted by atomic mass is 19.1. The van der Waals surface area contributed by atoms with Crippen LogP contribution in [0.15, 0.2) is 23.1 Å². The van der Waals surface area contributed by atoms with E-state index in [1.165, 1.54) is 6.07 Å². The normalized spacial score (nSPS) is 15.7. The number of nitriles is 1. The monoisotopic (exact) mass is 328 g/mol. The fraction of sp³-hybridized carbons (Fsp3) is 0.444. The average Bonchev–Trinajstić information content (AvgIpc) is 2.62. The minimum atomic E-state index is -0.404. The van der Waals surface area contributed by atoms with E-state index in [0.29, 0.717) is 17.7 Å². The van der Waals surface area contributed by atoms with Crippen LogP contribution < -0.4 is 10.3 Å². The fourth-order valence-corrected chi connectivity index (χ4v) is 3.29. The van der Waals surface area contributed by atoms with Gasteiger partial charge >= 0.3 is 0 Å². The van der Waals surface area contributed by atoms with Crippen molar-refractivity contribution in [1.82, 2.24) is 9.47 Å². The molecule has 1 fully saturated rings. The van der Waals surface area contributed by atoms with E-state index < -0.39 is 11.2 Å². The molecule has 3 rings (SSSR count). The second kappa shape index (κ2) is 6.62. The molecule has 1 aliphatic rings. The minimum Gasteiger partial charge on any atom is -0.367 e.